The van der Waals surface area contributed by atoms with Crippen molar-refractivity contribution in [2.45, 2.75) is 32.0 Å². The molecule has 0 saturated heterocycles. The number of fused-ring (bicyclic) bond motifs is 4. The second-order valence-electron chi connectivity index (χ2n) is 11.2. The van der Waals surface area contributed by atoms with Gasteiger partial charge in [0.25, 0.3) is 0 Å². The molecule has 4 N–H and O–H groups in total. The van der Waals surface area contributed by atoms with Crippen LogP contribution in [0.25, 0.3) is 0 Å². The molecule has 10 nitrogen and oxygen atoms in total. The first kappa shape index (κ1) is 26.8. The Morgan fingerprint density at radius 1 is 0.651 bits per heavy atom. The molecule has 4 aliphatic carbocycles. The van der Waals surface area contributed by atoms with E-state index in [1.54, 1.807) is 13.8 Å². The number of aryl methyl sites for hydroxylation is 2. The molecular formula is C33H24O10. The van der Waals surface area contributed by atoms with Gasteiger partial charge in [-0.3, -0.25) is 19.2 Å². The number of aromatic hydroxyl groups is 3. The molecule has 1 unspecified atom stereocenters. The van der Waals surface area contributed by atoms with Crippen molar-refractivity contribution < 1.29 is 49.1 Å². The molecule has 0 bridgehead atoms. The van der Waals surface area contributed by atoms with E-state index in [1.807, 2.05) is 0 Å². The third-order valence-corrected chi connectivity index (χ3v) is 8.74. The summed E-state index contributed by atoms with van der Waals surface area (Å²) in [5.74, 6) is -5.53. The van der Waals surface area contributed by atoms with Gasteiger partial charge in [-0.1, -0.05) is 0 Å². The van der Waals surface area contributed by atoms with Gasteiger partial charge in [-0.15, -0.1) is 0 Å². The number of rotatable bonds is 3. The van der Waals surface area contributed by atoms with Crippen LogP contribution in [0.1, 0.15) is 75.2 Å². The lowest BCUT2D eigenvalue weighted by Gasteiger charge is -2.35. The van der Waals surface area contributed by atoms with Gasteiger partial charge in [-0.25, -0.2) is 0 Å². The number of carbonyl (C=O) groups is 4. The Labute approximate surface area is 244 Å². The van der Waals surface area contributed by atoms with Crippen LogP contribution in [0.3, 0.4) is 0 Å². The van der Waals surface area contributed by atoms with E-state index >= 15 is 0 Å². The number of aliphatic hydroxyl groups excluding tert-OH is 1. The molecule has 0 saturated carbocycles. The van der Waals surface area contributed by atoms with Gasteiger partial charge < -0.3 is 29.9 Å². The smallest absolute Gasteiger partial charge is 0.201 e. The zero-order chi connectivity index (χ0) is 30.8. The van der Waals surface area contributed by atoms with Crippen LogP contribution >= 0.6 is 0 Å². The summed E-state index contributed by atoms with van der Waals surface area (Å²) >= 11 is 0. The molecule has 3 aromatic rings. The zero-order valence-electron chi connectivity index (χ0n) is 23.4. The Kier molecular flexibility index (Phi) is 5.44. The number of hydrogen-bond donors (Lipinski definition) is 4. The summed E-state index contributed by atoms with van der Waals surface area (Å²) in [5, 5.41) is 43.3. The van der Waals surface area contributed by atoms with Crippen molar-refractivity contribution in [3.63, 3.8) is 0 Å². The molecule has 0 spiro atoms. The Balaban J connectivity index is 1.57. The summed E-state index contributed by atoms with van der Waals surface area (Å²) < 4.78 is 11.4. The minimum absolute atomic E-state index is 0.00627. The summed E-state index contributed by atoms with van der Waals surface area (Å²) in [7, 11) is 2.63. The molecule has 0 radical (unpaired) electrons. The lowest BCUT2D eigenvalue weighted by Crippen LogP contribution is -2.35. The maximum absolute atomic E-state index is 14.3. The number of Topliss-reactive ketones (excluding diaryl/α,β-unsaturated/α-hetero) is 2. The van der Waals surface area contributed by atoms with Gasteiger partial charge in [0.1, 0.15) is 29.1 Å². The van der Waals surface area contributed by atoms with Crippen molar-refractivity contribution in [3.8, 4) is 23.0 Å². The lowest BCUT2D eigenvalue weighted by atomic mass is 9.68. The number of benzene rings is 3. The molecule has 3 atom stereocenters. The van der Waals surface area contributed by atoms with E-state index in [0.717, 1.165) is 6.07 Å². The average Bonchev–Trinajstić information content (AvgIpc) is 3.62. The Morgan fingerprint density at radius 2 is 1.21 bits per heavy atom. The number of hydrogen-bond acceptors (Lipinski definition) is 10. The van der Waals surface area contributed by atoms with Gasteiger partial charge in [-0.2, -0.15) is 0 Å². The summed E-state index contributed by atoms with van der Waals surface area (Å²) in [6, 6.07) is 6.75. The number of carbonyl (C=O) groups excluding carboxylic acids is 4. The third kappa shape index (κ3) is 3.30. The highest BCUT2D eigenvalue weighted by Crippen LogP contribution is 2.59. The molecule has 10 heteroatoms. The van der Waals surface area contributed by atoms with Gasteiger partial charge in [0.05, 0.1) is 29.9 Å². The van der Waals surface area contributed by atoms with Crippen LogP contribution in [0.2, 0.25) is 0 Å². The van der Waals surface area contributed by atoms with Gasteiger partial charge in [-0.05, 0) is 54.8 Å². The normalized spacial score (nSPS) is 21.7. The number of methoxy groups -OCH3 is 2. The topological polar surface area (TPSA) is 168 Å². The van der Waals surface area contributed by atoms with Gasteiger partial charge >= 0.3 is 0 Å². The van der Waals surface area contributed by atoms with E-state index in [2.05, 4.69) is 0 Å². The van der Waals surface area contributed by atoms with E-state index in [0.29, 0.717) is 16.7 Å². The Hall–Kier alpha value is -5.06. The minimum atomic E-state index is -1.25. The van der Waals surface area contributed by atoms with E-state index in [-0.39, 0.29) is 61.6 Å². The first-order valence-electron chi connectivity index (χ1n) is 13.4. The molecule has 4 aliphatic rings. The second-order valence-corrected chi connectivity index (χ2v) is 11.2. The van der Waals surface area contributed by atoms with Crippen LogP contribution < -0.4 is 4.74 Å². The predicted octanol–water partition coefficient (Wildman–Crippen LogP) is 3.36. The van der Waals surface area contributed by atoms with Crippen molar-refractivity contribution in [3.05, 3.63) is 103 Å². The molecular weight excluding hydrogens is 556 g/mol. The SMILES string of the molecule is COc1cc(O)c2c(c1[C@@H]1C3=C(C(=O)c4c(O)cc(C)cc4C3=O)C3=C(C3O)[C@@H]1OC)C(=O)c1cc(C)cc(O)c1C2=O. The number of phenolic OH excluding ortho intramolecular Hbond substituents is 3. The Morgan fingerprint density at radius 3 is 1.79 bits per heavy atom. The van der Waals surface area contributed by atoms with Crippen molar-refractivity contribution in [2.24, 2.45) is 0 Å². The molecule has 0 aromatic heterocycles. The van der Waals surface area contributed by atoms with Gasteiger partial charge in [0, 0.05) is 58.1 Å². The maximum Gasteiger partial charge on any atom is 0.201 e. The number of ether oxygens (including phenoxy) is 2. The molecule has 3 aromatic carbocycles. The van der Waals surface area contributed by atoms with E-state index in [4.69, 9.17) is 9.47 Å². The fraction of sp³-hybridized carbons (Fsp3) is 0.212. The quantitative estimate of drug-likeness (QED) is 0.282. The highest BCUT2D eigenvalue weighted by Gasteiger charge is 2.58. The summed E-state index contributed by atoms with van der Waals surface area (Å²) in [4.78, 5) is 56.3. The van der Waals surface area contributed by atoms with Crippen LogP contribution in [0.15, 0.2) is 52.6 Å². The summed E-state index contributed by atoms with van der Waals surface area (Å²) in [6.07, 6.45) is -2.28. The molecule has 0 aliphatic heterocycles. The van der Waals surface area contributed by atoms with Gasteiger partial charge in [0.15, 0.2) is 17.3 Å². The first-order valence-corrected chi connectivity index (χ1v) is 13.4. The van der Waals surface area contributed by atoms with Crippen molar-refractivity contribution >= 4 is 23.1 Å². The van der Waals surface area contributed by atoms with Crippen molar-refractivity contribution in [1.29, 1.82) is 0 Å². The molecule has 7 rings (SSSR count). The van der Waals surface area contributed by atoms with Crippen LogP contribution in [0.4, 0.5) is 0 Å². The lowest BCUT2D eigenvalue weighted by molar-refractivity contribution is 0.0897. The van der Waals surface area contributed by atoms with Crippen LogP contribution in [0.5, 0.6) is 23.0 Å². The predicted molar refractivity (Wildman–Crippen MR) is 149 cm³/mol. The number of ketones is 4. The Bertz CT molecular complexity index is 1990. The summed E-state index contributed by atoms with van der Waals surface area (Å²) in [5.41, 5.74) is 0.0696. The van der Waals surface area contributed by atoms with E-state index in [9.17, 15) is 39.6 Å². The third-order valence-electron chi connectivity index (χ3n) is 8.74. The molecule has 0 fully saturated rings. The molecule has 0 heterocycles. The van der Waals surface area contributed by atoms with Crippen LogP contribution in [0, 0.1) is 13.8 Å². The highest BCUT2D eigenvalue weighted by atomic mass is 16.5. The number of aliphatic hydroxyl groups is 1. The van der Waals surface area contributed by atoms with E-state index in [1.165, 1.54) is 38.5 Å². The van der Waals surface area contributed by atoms with E-state index < -0.39 is 58.3 Å². The largest absolute Gasteiger partial charge is 0.507 e. The summed E-state index contributed by atoms with van der Waals surface area (Å²) in [6.45, 7) is 3.29. The minimum Gasteiger partial charge on any atom is -0.507 e. The fourth-order valence-electron chi connectivity index (χ4n) is 7.01. The van der Waals surface area contributed by atoms with Crippen molar-refractivity contribution in [1.82, 2.24) is 0 Å². The highest BCUT2D eigenvalue weighted by molar-refractivity contribution is 6.33. The maximum atomic E-state index is 14.3. The average molecular weight is 581 g/mol. The van der Waals surface area contributed by atoms with Crippen LogP contribution in [-0.4, -0.2) is 70.0 Å². The van der Waals surface area contributed by atoms with Crippen LogP contribution in [-0.2, 0) is 4.74 Å². The molecule has 43 heavy (non-hydrogen) atoms. The number of phenols is 3. The van der Waals surface area contributed by atoms with Gasteiger partial charge in [0.2, 0.25) is 5.78 Å². The zero-order valence-corrected chi connectivity index (χ0v) is 23.4. The van der Waals surface area contributed by atoms with Crippen molar-refractivity contribution in [2.75, 3.05) is 14.2 Å². The second kappa shape index (κ2) is 8.73. The standard InChI is InChI=1S/C33H24O10/c1-10-5-12-18(14(34)7-10)30(39)20-16(36)9-17(42-3)21(22(20)28(12)37)26-24-23(25-27(32(25)41)33(26)43-4)31(40)19-13(29(24)38)6-11(2)8-15(19)35/h5-9,26,32-36,41H,1-4H3/t26-,32?,33-/m1/s1. The fourth-order valence-corrected chi connectivity index (χ4v) is 7.01. The molecule has 0 amide bonds. The monoisotopic (exact) mass is 580 g/mol. The molecule has 216 valence electrons. The first-order chi connectivity index (χ1) is 20.4.